The van der Waals surface area contributed by atoms with Crippen LogP contribution in [0.1, 0.15) is 25.0 Å². The molecule has 0 amide bonds. The molecule has 2 aromatic rings. The fraction of sp³-hybridized carbons (Fsp3) is 0.143. The first-order valence-corrected chi connectivity index (χ1v) is 7.38. The van der Waals surface area contributed by atoms with Crippen LogP contribution in [0.15, 0.2) is 79.9 Å². The molecule has 0 bridgehead atoms. The van der Waals surface area contributed by atoms with E-state index in [1.54, 1.807) is 6.08 Å². The Hall–Kier alpha value is -2.34. The van der Waals surface area contributed by atoms with E-state index in [1.807, 2.05) is 32.1 Å². The maximum atomic E-state index is 3.90. The highest BCUT2D eigenvalue weighted by molar-refractivity contribution is 5.86. The van der Waals surface area contributed by atoms with E-state index in [9.17, 15) is 0 Å². The quantitative estimate of drug-likeness (QED) is 0.563. The van der Waals surface area contributed by atoms with Gasteiger partial charge in [-0.25, -0.2) is 0 Å². The summed E-state index contributed by atoms with van der Waals surface area (Å²) in [4.78, 5) is 0. The Labute approximate surface area is 129 Å². The topological polar surface area (TPSA) is 0 Å². The maximum absolute atomic E-state index is 3.90. The molecule has 2 rings (SSSR count). The van der Waals surface area contributed by atoms with Gasteiger partial charge >= 0.3 is 0 Å². The van der Waals surface area contributed by atoms with Crippen molar-refractivity contribution >= 4 is 5.57 Å². The predicted octanol–water partition coefficient (Wildman–Crippen LogP) is 6.44. The molecule has 0 unspecified atom stereocenters. The van der Waals surface area contributed by atoms with Crippen LogP contribution in [0.25, 0.3) is 16.7 Å². The average molecular weight is 276 g/mol. The van der Waals surface area contributed by atoms with Crippen LogP contribution < -0.4 is 0 Å². The van der Waals surface area contributed by atoms with E-state index in [0.29, 0.717) is 0 Å². The van der Waals surface area contributed by atoms with Crippen LogP contribution in [0.4, 0.5) is 0 Å². The van der Waals surface area contributed by atoms with Gasteiger partial charge in [-0.05, 0) is 29.2 Å². The van der Waals surface area contributed by atoms with Gasteiger partial charge in [0.15, 0.2) is 0 Å². The molecule has 2 aromatic carbocycles. The molecule has 0 aliphatic carbocycles. The highest BCUT2D eigenvalue weighted by Crippen LogP contribution is 2.30. The van der Waals surface area contributed by atoms with Crippen LogP contribution in [-0.2, 0) is 0 Å². The number of hydrogen-bond acceptors (Lipinski definition) is 0. The highest BCUT2D eigenvalue weighted by atomic mass is 14.1. The van der Waals surface area contributed by atoms with E-state index in [0.717, 1.165) is 5.57 Å². The second-order valence-corrected chi connectivity index (χ2v) is 4.48. The van der Waals surface area contributed by atoms with Crippen molar-refractivity contribution in [2.45, 2.75) is 20.8 Å². The SMILES string of the molecule is C=C/C=C(\C=C)c1ccc(C)cc1-c1ccccc1.CC. The number of hydrogen-bond donors (Lipinski definition) is 0. The highest BCUT2D eigenvalue weighted by Gasteiger charge is 2.07. The van der Waals surface area contributed by atoms with Crippen molar-refractivity contribution < 1.29 is 0 Å². The molecular weight excluding hydrogens is 252 g/mol. The Morgan fingerprint density at radius 2 is 1.62 bits per heavy atom. The first-order chi connectivity index (χ1) is 10.3. The van der Waals surface area contributed by atoms with Crippen LogP contribution in [0.5, 0.6) is 0 Å². The van der Waals surface area contributed by atoms with E-state index in [-0.39, 0.29) is 0 Å². The molecule has 0 heterocycles. The van der Waals surface area contributed by atoms with Gasteiger partial charge < -0.3 is 0 Å². The molecule has 0 saturated heterocycles. The molecule has 0 nitrogen and oxygen atoms in total. The lowest BCUT2D eigenvalue weighted by Crippen LogP contribution is -1.89. The van der Waals surface area contributed by atoms with Gasteiger partial charge in [0, 0.05) is 0 Å². The molecule has 0 fully saturated rings. The first kappa shape index (κ1) is 16.7. The van der Waals surface area contributed by atoms with Crippen LogP contribution in [0, 0.1) is 6.92 Å². The summed E-state index contributed by atoms with van der Waals surface area (Å²) in [5.74, 6) is 0. The summed E-state index contributed by atoms with van der Waals surface area (Å²) in [6, 6.07) is 16.9. The van der Waals surface area contributed by atoms with Crippen molar-refractivity contribution in [2.75, 3.05) is 0 Å². The van der Waals surface area contributed by atoms with Gasteiger partial charge in [-0.15, -0.1) is 0 Å². The Morgan fingerprint density at radius 3 is 2.19 bits per heavy atom. The Bertz CT molecular complexity index is 616. The number of allylic oxidation sites excluding steroid dienone is 4. The lowest BCUT2D eigenvalue weighted by atomic mass is 9.92. The lowest BCUT2D eigenvalue weighted by molar-refractivity contribution is 1.45. The van der Waals surface area contributed by atoms with E-state index in [4.69, 9.17) is 0 Å². The third kappa shape index (κ3) is 4.32. The summed E-state index contributed by atoms with van der Waals surface area (Å²) < 4.78 is 0. The van der Waals surface area contributed by atoms with Crippen LogP contribution in [0.2, 0.25) is 0 Å². The molecule has 0 aromatic heterocycles. The van der Waals surface area contributed by atoms with Crippen molar-refractivity contribution in [1.82, 2.24) is 0 Å². The molecule has 0 heteroatoms. The third-order valence-electron chi connectivity index (χ3n) is 3.09. The molecule has 108 valence electrons. The van der Waals surface area contributed by atoms with Gasteiger partial charge in [-0.2, -0.15) is 0 Å². The monoisotopic (exact) mass is 276 g/mol. The minimum absolute atomic E-state index is 1.09. The van der Waals surface area contributed by atoms with E-state index in [1.165, 1.54) is 22.3 Å². The van der Waals surface area contributed by atoms with Crippen molar-refractivity contribution in [3.63, 3.8) is 0 Å². The molecule has 0 aliphatic rings. The predicted molar refractivity (Wildman–Crippen MR) is 96.3 cm³/mol. The number of aryl methyl sites for hydroxylation is 1. The minimum atomic E-state index is 1.09. The fourth-order valence-corrected chi connectivity index (χ4v) is 2.16. The molecule has 0 N–H and O–H groups in total. The van der Waals surface area contributed by atoms with Crippen LogP contribution in [0.3, 0.4) is 0 Å². The van der Waals surface area contributed by atoms with Crippen LogP contribution >= 0.6 is 0 Å². The van der Waals surface area contributed by atoms with Gasteiger partial charge in [-0.1, -0.05) is 99.3 Å². The Morgan fingerprint density at radius 1 is 0.952 bits per heavy atom. The summed E-state index contributed by atoms with van der Waals surface area (Å²) in [5.41, 5.74) is 5.98. The normalized spacial score (nSPS) is 10.3. The summed E-state index contributed by atoms with van der Waals surface area (Å²) in [7, 11) is 0. The largest absolute Gasteiger partial charge is 0.0990 e. The zero-order valence-electron chi connectivity index (χ0n) is 13.3. The smallest absolute Gasteiger partial charge is 0.0103 e. The second-order valence-electron chi connectivity index (χ2n) is 4.48. The zero-order chi connectivity index (χ0) is 15.7. The standard InChI is InChI=1S/C19H18.C2H6/c1-4-9-16(5-2)18-13-12-15(3)14-19(18)17-10-7-6-8-11-17;1-2/h4-14H,1-2H2,3H3;1-2H3/b16-9+;. The molecule has 0 spiro atoms. The van der Waals surface area contributed by atoms with Crippen molar-refractivity contribution in [1.29, 1.82) is 0 Å². The second kappa shape index (κ2) is 8.76. The van der Waals surface area contributed by atoms with Gasteiger partial charge in [0.2, 0.25) is 0 Å². The first-order valence-electron chi connectivity index (χ1n) is 7.38. The van der Waals surface area contributed by atoms with Crippen LogP contribution in [-0.4, -0.2) is 0 Å². The van der Waals surface area contributed by atoms with E-state index < -0.39 is 0 Å². The Balaban J connectivity index is 0.00000106. The van der Waals surface area contributed by atoms with Gasteiger partial charge in [0.1, 0.15) is 0 Å². The van der Waals surface area contributed by atoms with Crippen molar-refractivity contribution in [3.05, 3.63) is 91.0 Å². The summed E-state index contributed by atoms with van der Waals surface area (Å²) >= 11 is 0. The zero-order valence-corrected chi connectivity index (χ0v) is 13.3. The van der Waals surface area contributed by atoms with E-state index in [2.05, 4.69) is 62.5 Å². The molecule has 0 saturated carbocycles. The number of rotatable bonds is 4. The molecule has 0 radical (unpaired) electrons. The molecule has 0 aliphatic heterocycles. The average Bonchev–Trinajstić information content (AvgIpc) is 2.55. The molecule has 21 heavy (non-hydrogen) atoms. The van der Waals surface area contributed by atoms with Crippen molar-refractivity contribution in [3.8, 4) is 11.1 Å². The maximum Gasteiger partial charge on any atom is -0.0103 e. The fourth-order valence-electron chi connectivity index (χ4n) is 2.16. The van der Waals surface area contributed by atoms with Gasteiger partial charge in [0.25, 0.3) is 0 Å². The Kier molecular flexibility index (Phi) is 6.97. The van der Waals surface area contributed by atoms with Gasteiger partial charge in [0.05, 0.1) is 0 Å². The minimum Gasteiger partial charge on any atom is -0.0990 e. The molecular formula is C21H24. The molecule has 0 atom stereocenters. The van der Waals surface area contributed by atoms with Crippen molar-refractivity contribution in [2.24, 2.45) is 0 Å². The summed E-state index contributed by atoms with van der Waals surface area (Å²) in [6.07, 6.45) is 5.66. The number of benzene rings is 2. The summed E-state index contributed by atoms with van der Waals surface area (Å²) in [5, 5.41) is 0. The third-order valence-corrected chi connectivity index (χ3v) is 3.09. The summed E-state index contributed by atoms with van der Waals surface area (Å²) in [6.45, 7) is 13.8. The lowest BCUT2D eigenvalue weighted by Gasteiger charge is -2.12. The van der Waals surface area contributed by atoms with E-state index >= 15 is 0 Å². The van der Waals surface area contributed by atoms with Gasteiger partial charge in [-0.3, -0.25) is 0 Å².